The van der Waals surface area contributed by atoms with Crippen LogP contribution in [0.25, 0.3) is 0 Å². The van der Waals surface area contributed by atoms with Gasteiger partial charge in [-0.2, -0.15) is 0 Å². The Morgan fingerprint density at radius 3 is 2.15 bits per heavy atom. The Morgan fingerprint density at radius 2 is 1.56 bits per heavy atom. The lowest BCUT2D eigenvalue weighted by Gasteiger charge is -2.12. The summed E-state index contributed by atoms with van der Waals surface area (Å²) < 4.78 is 28.5. The van der Waals surface area contributed by atoms with E-state index in [1.807, 2.05) is 10.9 Å². The first-order chi connectivity index (χ1) is 13.0. The predicted octanol–water partition coefficient (Wildman–Crippen LogP) is 1.46. The summed E-state index contributed by atoms with van der Waals surface area (Å²) in [6.07, 6.45) is 0. The van der Waals surface area contributed by atoms with Crippen LogP contribution in [0.1, 0.15) is 20.7 Å². The molecule has 2 amide bonds. The standard InChI is InChI=1S/C18H17FN2O6/c1-25-13-8-5-9-14(26-2)16(13)18(24)27-10-15(22)20-21-17(23)11-6-3-4-7-12(11)19/h3-9H,10H2,1-2H3,(H,20,22)(H,21,23). The molecule has 2 aromatic rings. The molecule has 2 N–H and O–H groups in total. The Labute approximate surface area is 154 Å². The molecule has 0 aliphatic heterocycles. The van der Waals surface area contributed by atoms with E-state index in [0.717, 1.165) is 6.07 Å². The number of esters is 1. The SMILES string of the molecule is COc1cccc(OC)c1C(=O)OCC(=O)NNC(=O)c1ccccc1F. The predicted molar refractivity (Wildman–Crippen MR) is 91.8 cm³/mol. The third-order valence-corrected chi connectivity index (χ3v) is 3.40. The van der Waals surface area contributed by atoms with Gasteiger partial charge in [0.2, 0.25) is 0 Å². The van der Waals surface area contributed by atoms with Gasteiger partial charge >= 0.3 is 5.97 Å². The molecule has 2 aromatic carbocycles. The van der Waals surface area contributed by atoms with Crippen molar-refractivity contribution in [3.05, 3.63) is 59.4 Å². The molecule has 0 saturated heterocycles. The van der Waals surface area contributed by atoms with E-state index in [1.165, 1.54) is 44.6 Å². The molecule has 0 unspecified atom stereocenters. The van der Waals surface area contributed by atoms with Crippen LogP contribution in [0, 0.1) is 5.82 Å². The summed E-state index contributed by atoms with van der Waals surface area (Å²) >= 11 is 0. The summed E-state index contributed by atoms with van der Waals surface area (Å²) in [5.74, 6) is -2.82. The number of carbonyl (C=O) groups is 3. The van der Waals surface area contributed by atoms with Gasteiger partial charge in [0.1, 0.15) is 22.9 Å². The third kappa shape index (κ3) is 4.94. The molecule has 0 aliphatic rings. The fraction of sp³-hybridized carbons (Fsp3) is 0.167. The second kappa shape index (κ2) is 9.18. The fourth-order valence-electron chi connectivity index (χ4n) is 2.13. The molecular formula is C18H17FN2O6. The van der Waals surface area contributed by atoms with Crippen LogP contribution in [0.15, 0.2) is 42.5 Å². The van der Waals surface area contributed by atoms with E-state index < -0.39 is 30.2 Å². The van der Waals surface area contributed by atoms with E-state index in [0.29, 0.717) is 0 Å². The monoisotopic (exact) mass is 376 g/mol. The number of hydrazine groups is 1. The number of nitrogens with one attached hydrogen (secondary N) is 2. The van der Waals surface area contributed by atoms with Crippen molar-refractivity contribution in [3.8, 4) is 11.5 Å². The quantitative estimate of drug-likeness (QED) is 0.585. The highest BCUT2D eigenvalue weighted by Crippen LogP contribution is 2.28. The van der Waals surface area contributed by atoms with Crippen LogP contribution in [0.5, 0.6) is 11.5 Å². The highest BCUT2D eigenvalue weighted by atomic mass is 19.1. The number of carbonyl (C=O) groups excluding carboxylic acids is 3. The van der Waals surface area contributed by atoms with Gasteiger partial charge in [-0.05, 0) is 24.3 Å². The molecule has 0 radical (unpaired) electrons. The maximum absolute atomic E-state index is 13.5. The lowest BCUT2D eigenvalue weighted by molar-refractivity contribution is -0.125. The van der Waals surface area contributed by atoms with Crippen LogP contribution in [-0.4, -0.2) is 38.6 Å². The van der Waals surface area contributed by atoms with Crippen molar-refractivity contribution in [2.75, 3.05) is 20.8 Å². The first-order valence-corrected chi connectivity index (χ1v) is 7.69. The van der Waals surface area contributed by atoms with Crippen LogP contribution in [-0.2, 0) is 9.53 Å². The summed E-state index contributed by atoms with van der Waals surface area (Å²) in [5.41, 5.74) is 3.83. The molecule has 0 heterocycles. The molecule has 142 valence electrons. The number of ether oxygens (including phenoxy) is 3. The van der Waals surface area contributed by atoms with Crippen molar-refractivity contribution in [3.63, 3.8) is 0 Å². The zero-order valence-electron chi connectivity index (χ0n) is 14.6. The van der Waals surface area contributed by atoms with Crippen molar-refractivity contribution in [2.24, 2.45) is 0 Å². The molecule has 0 bridgehead atoms. The van der Waals surface area contributed by atoms with Gasteiger partial charge in [0, 0.05) is 0 Å². The van der Waals surface area contributed by atoms with Crippen LogP contribution in [0.2, 0.25) is 0 Å². The van der Waals surface area contributed by atoms with Gasteiger partial charge < -0.3 is 14.2 Å². The van der Waals surface area contributed by atoms with E-state index >= 15 is 0 Å². The Kier molecular flexibility index (Phi) is 6.70. The van der Waals surface area contributed by atoms with Crippen LogP contribution in [0.3, 0.4) is 0 Å². The van der Waals surface area contributed by atoms with Crippen LogP contribution in [0.4, 0.5) is 4.39 Å². The first-order valence-electron chi connectivity index (χ1n) is 7.69. The van der Waals surface area contributed by atoms with Crippen molar-refractivity contribution in [2.45, 2.75) is 0 Å². The Morgan fingerprint density at radius 1 is 0.926 bits per heavy atom. The van der Waals surface area contributed by atoms with E-state index in [1.54, 1.807) is 6.07 Å². The second-order valence-corrected chi connectivity index (χ2v) is 5.10. The summed E-state index contributed by atoms with van der Waals surface area (Å²) in [5, 5.41) is 0. The normalized spacial score (nSPS) is 9.89. The molecule has 0 saturated carbocycles. The van der Waals surface area contributed by atoms with E-state index in [4.69, 9.17) is 14.2 Å². The van der Waals surface area contributed by atoms with Crippen molar-refractivity contribution < 1.29 is 33.0 Å². The number of hydrogen-bond acceptors (Lipinski definition) is 6. The highest BCUT2D eigenvalue weighted by Gasteiger charge is 2.21. The van der Waals surface area contributed by atoms with Gasteiger partial charge in [0.15, 0.2) is 6.61 Å². The smallest absolute Gasteiger partial charge is 0.346 e. The average molecular weight is 376 g/mol. The number of rotatable bonds is 6. The zero-order valence-corrected chi connectivity index (χ0v) is 14.6. The largest absolute Gasteiger partial charge is 0.496 e. The van der Waals surface area contributed by atoms with Gasteiger partial charge in [-0.1, -0.05) is 18.2 Å². The number of halogens is 1. The fourth-order valence-corrected chi connectivity index (χ4v) is 2.13. The van der Waals surface area contributed by atoms with Crippen molar-refractivity contribution in [1.29, 1.82) is 0 Å². The van der Waals surface area contributed by atoms with E-state index in [-0.39, 0.29) is 22.6 Å². The van der Waals surface area contributed by atoms with Crippen molar-refractivity contribution >= 4 is 17.8 Å². The topological polar surface area (TPSA) is 103 Å². The molecule has 0 atom stereocenters. The summed E-state index contributed by atoms with van der Waals surface area (Å²) in [4.78, 5) is 35.8. The molecule has 0 aromatic heterocycles. The van der Waals surface area contributed by atoms with E-state index in [9.17, 15) is 18.8 Å². The highest BCUT2D eigenvalue weighted by molar-refractivity contribution is 5.98. The third-order valence-electron chi connectivity index (χ3n) is 3.40. The average Bonchev–Trinajstić information content (AvgIpc) is 2.69. The summed E-state index contributed by atoms with van der Waals surface area (Å²) in [6.45, 7) is -0.683. The van der Waals surface area contributed by atoms with E-state index in [2.05, 4.69) is 0 Å². The molecule has 0 fully saturated rings. The molecule has 8 nitrogen and oxygen atoms in total. The Bertz CT molecular complexity index is 833. The van der Waals surface area contributed by atoms with Crippen LogP contribution < -0.4 is 20.3 Å². The molecule has 0 spiro atoms. The lowest BCUT2D eigenvalue weighted by Crippen LogP contribution is -2.43. The lowest BCUT2D eigenvalue weighted by atomic mass is 10.2. The van der Waals surface area contributed by atoms with Gasteiger partial charge in [0.05, 0.1) is 19.8 Å². The molecule has 2 rings (SSSR count). The minimum absolute atomic E-state index is 0.0192. The minimum atomic E-state index is -0.848. The number of methoxy groups -OCH3 is 2. The molecular weight excluding hydrogens is 359 g/mol. The molecule has 9 heteroatoms. The zero-order chi connectivity index (χ0) is 19.8. The number of benzene rings is 2. The van der Waals surface area contributed by atoms with Gasteiger partial charge in [-0.15, -0.1) is 0 Å². The summed E-state index contributed by atoms with van der Waals surface area (Å²) in [6, 6.07) is 9.96. The second-order valence-electron chi connectivity index (χ2n) is 5.10. The number of hydrogen-bond donors (Lipinski definition) is 2. The molecule has 0 aliphatic carbocycles. The maximum atomic E-state index is 13.5. The maximum Gasteiger partial charge on any atom is 0.346 e. The number of amides is 2. The minimum Gasteiger partial charge on any atom is -0.496 e. The van der Waals surface area contributed by atoms with Gasteiger partial charge in [-0.25, -0.2) is 9.18 Å². The Balaban J connectivity index is 1.92. The van der Waals surface area contributed by atoms with Crippen LogP contribution >= 0.6 is 0 Å². The van der Waals surface area contributed by atoms with Crippen molar-refractivity contribution in [1.82, 2.24) is 10.9 Å². The van der Waals surface area contributed by atoms with Gasteiger partial charge in [-0.3, -0.25) is 20.4 Å². The first kappa shape index (κ1) is 19.7. The molecule has 27 heavy (non-hydrogen) atoms. The summed E-state index contributed by atoms with van der Waals surface area (Å²) in [7, 11) is 2.74. The Hall–Kier alpha value is -3.62. The van der Waals surface area contributed by atoms with Gasteiger partial charge in [0.25, 0.3) is 11.8 Å².